The summed E-state index contributed by atoms with van der Waals surface area (Å²) in [6, 6.07) is 13.0. The number of hydrogen-bond acceptors (Lipinski definition) is 6. The summed E-state index contributed by atoms with van der Waals surface area (Å²) in [4.78, 5) is 16.1. The van der Waals surface area contributed by atoms with Gasteiger partial charge in [0.1, 0.15) is 17.0 Å². The van der Waals surface area contributed by atoms with Gasteiger partial charge in [-0.05, 0) is 25.5 Å². The van der Waals surface area contributed by atoms with E-state index in [1.165, 1.54) is 10.4 Å². The van der Waals surface area contributed by atoms with Crippen molar-refractivity contribution >= 4 is 27.4 Å². The molecular weight excluding hydrogens is 344 g/mol. The molecule has 1 aliphatic heterocycles. The van der Waals surface area contributed by atoms with E-state index in [9.17, 15) is 5.11 Å². The van der Waals surface area contributed by atoms with Crippen molar-refractivity contribution < 1.29 is 5.11 Å². The largest absolute Gasteiger partial charge is 0.392 e. The van der Waals surface area contributed by atoms with Gasteiger partial charge in [-0.3, -0.25) is 4.90 Å². The molecule has 0 amide bonds. The third-order valence-corrected chi connectivity index (χ3v) is 5.96. The molecule has 26 heavy (non-hydrogen) atoms. The van der Waals surface area contributed by atoms with E-state index in [-0.39, 0.29) is 6.10 Å². The average molecular weight is 369 g/mol. The third-order valence-electron chi connectivity index (χ3n) is 4.87. The number of hydrogen-bond donors (Lipinski definition) is 1. The van der Waals surface area contributed by atoms with E-state index in [0.29, 0.717) is 6.04 Å². The van der Waals surface area contributed by atoms with Crippen molar-refractivity contribution in [2.45, 2.75) is 26.0 Å². The van der Waals surface area contributed by atoms with Crippen molar-refractivity contribution in [2.75, 3.05) is 31.1 Å². The molecule has 1 N–H and O–H groups in total. The first-order valence-electron chi connectivity index (χ1n) is 9.09. The van der Waals surface area contributed by atoms with Crippen LogP contribution in [0.5, 0.6) is 0 Å². The molecule has 1 aliphatic rings. The zero-order valence-electron chi connectivity index (χ0n) is 15.2. The lowest BCUT2D eigenvalue weighted by Crippen LogP contribution is -2.53. The summed E-state index contributed by atoms with van der Waals surface area (Å²) >= 11 is 1.72. The Morgan fingerprint density at radius 2 is 2.04 bits per heavy atom. The molecule has 3 heterocycles. The minimum absolute atomic E-state index is 0.287. The van der Waals surface area contributed by atoms with Crippen LogP contribution in [0.15, 0.2) is 42.7 Å². The quantitative estimate of drug-likeness (QED) is 0.766. The second-order valence-electron chi connectivity index (χ2n) is 7.04. The van der Waals surface area contributed by atoms with Crippen LogP contribution in [0.25, 0.3) is 20.7 Å². The van der Waals surface area contributed by atoms with Crippen molar-refractivity contribution in [2.24, 2.45) is 0 Å². The smallest absolute Gasteiger partial charge is 0.141 e. The Labute approximate surface area is 157 Å². The van der Waals surface area contributed by atoms with Crippen LogP contribution in [0.3, 0.4) is 0 Å². The van der Waals surface area contributed by atoms with Gasteiger partial charge in [-0.25, -0.2) is 9.97 Å². The highest BCUT2D eigenvalue weighted by Gasteiger charge is 2.27. The van der Waals surface area contributed by atoms with Gasteiger partial charge in [0.25, 0.3) is 0 Å². The molecule has 0 aliphatic carbocycles. The normalized spacial score (nSPS) is 19.8. The number of benzene rings is 1. The first kappa shape index (κ1) is 17.4. The standard InChI is InChI=1S/C20H24N4OS/c1-14-11-23(12-15(2)25)8-9-24(14)19-17-10-18(16-6-4-3-5-7-16)26-20(17)22-13-21-19/h3-7,10,13-15,25H,8-9,11-12H2,1-2H3. The van der Waals surface area contributed by atoms with E-state index < -0.39 is 0 Å². The molecule has 4 rings (SSSR count). The summed E-state index contributed by atoms with van der Waals surface area (Å²) in [6.07, 6.45) is 1.39. The number of piperazine rings is 1. The van der Waals surface area contributed by atoms with Crippen molar-refractivity contribution in [3.05, 3.63) is 42.7 Å². The van der Waals surface area contributed by atoms with E-state index in [2.05, 4.69) is 57.0 Å². The second kappa shape index (κ2) is 7.31. The Bertz CT molecular complexity index is 880. The number of aromatic nitrogens is 2. The van der Waals surface area contributed by atoms with E-state index >= 15 is 0 Å². The molecule has 1 saturated heterocycles. The number of anilines is 1. The van der Waals surface area contributed by atoms with E-state index in [1.54, 1.807) is 17.7 Å². The summed E-state index contributed by atoms with van der Waals surface area (Å²) in [5.74, 6) is 1.03. The lowest BCUT2D eigenvalue weighted by molar-refractivity contribution is 0.114. The number of aliphatic hydroxyl groups excluding tert-OH is 1. The summed E-state index contributed by atoms with van der Waals surface area (Å²) in [7, 11) is 0. The molecule has 6 heteroatoms. The molecule has 2 atom stereocenters. The van der Waals surface area contributed by atoms with Crippen LogP contribution in [0.2, 0.25) is 0 Å². The molecule has 0 bridgehead atoms. The maximum absolute atomic E-state index is 9.65. The summed E-state index contributed by atoms with van der Waals surface area (Å²) in [5, 5.41) is 10.8. The molecule has 0 radical (unpaired) electrons. The molecule has 1 aromatic carbocycles. The van der Waals surface area contributed by atoms with Gasteiger partial charge >= 0.3 is 0 Å². The lowest BCUT2D eigenvalue weighted by Gasteiger charge is -2.41. The van der Waals surface area contributed by atoms with Crippen LogP contribution in [0.4, 0.5) is 5.82 Å². The van der Waals surface area contributed by atoms with Crippen LogP contribution in [0, 0.1) is 0 Å². The third kappa shape index (κ3) is 3.45. The highest BCUT2D eigenvalue weighted by atomic mass is 32.1. The van der Waals surface area contributed by atoms with Crippen molar-refractivity contribution in [3.63, 3.8) is 0 Å². The van der Waals surface area contributed by atoms with Gasteiger partial charge in [-0.15, -0.1) is 11.3 Å². The SMILES string of the molecule is CC(O)CN1CCN(c2ncnc3sc(-c4ccccc4)cc23)C(C)C1. The van der Waals surface area contributed by atoms with Crippen molar-refractivity contribution in [1.82, 2.24) is 14.9 Å². The van der Waals surface area contributed by atoms with Gasteiger partial charge < -0.3 is 10.0 Å². The molecular formula is C20H24N4OS. The number of nitrogens with zero attached hydrogens (tertiary/aromatic N) is 4. The summed E-state index contributed by atoms with van der Waals surface area (Å²) in [6.45, 7) is 7.60. The molecule has 2 unspecified atom stereocenters. The summed E-state index contributed by atoms with van der Waals surface area (Å²) < 4.78 is 0. The van der Waals surface area contributed by atoms with E-state index in [0.717, 1.165) is 42.2 Å². The predicted molar refractivity (Wildman–Crippen MR) is 108 cm³/mol. The molecule has 5 nitrogen and oxygen atoms in total. The van der Waals surface area contributed by atoms with Crippen LogP contribution in [-0.4, -0.2) is 58.3 Å². The molecule has 1 fully saturated rings. The Balaban J connectivity index is 1.64. The Morgan fingerprint density at radius 1 is 1.23 bits per heavy atom. The monoisotopic (exact) mass is 368 g/mol. The topological polar surface area (TPSA) is 52.5 Å². The maximum Gasteiger partial charge on any atom is 0.141 e. The fraction of sp³-hybridized carbons (Fsp3) is 0.400. The number of thiophene rings is 1. The minimum atomic E-state index is -0.287. The first-order chi connectivity index (χ1) is 12.6. The number of β-amino-alcohol motifs (C(OH)–C–C–N with tert-alkyl or cyclic N) is 1. The van der Waals surface area contributed by atoms with Gasteiger partial charge in [0.2, 0.25) is 0 Å². The van der Waals surface area contributed by atoms with Crippen LogP contribution in [0.1, 0.15) is 13.8 Å². The zero-order valence-corrected chi connectivity index (χ0v) is 16.0. The predicted octanol–water partition coefficient (Wildman–Crippen LogP) is 3.25. The van der Waals surface area contributed by atoms with Crippen LogP contribution < -0.4 is 4.90 Å². The highest BCUT2D eigenvalue weighted by molar-refractivity contribution is 7.21. The molecule has 136 valence electrons. The fourth-order valence-corrected chi connectivity index (χ4v) is 4.70. The molecule has 0 spiro atoms. The summed E-state index contributed by atoms with van der Waals surface area (Å²) in [5.41, 5.74) is 1.22. The molecule has 3 aromatic rings. The Morgan fingerprint density at radius 3 is 2.77 bits per heavy atom. The first-order valence-corrected chi connectivity index (χ1v) is 9.90. The zero-order chi connectivity index (χ0) is 18.1. The highest BCUT2D eigenvalue weighted by Crippen LogP contribution is 2.36. The average Bonchev–Trinajstić information content (AvgIpc) is 3.07. The van der Waals surface area contributed by atoms with Gasteiger partial charge in [-0.2, -0.15) is 0 Å². The Kier molecular flexibility index (Phi) is 4.89. The van der Waals surface area contributed by atoms with Gasteiger partial charge in [0.05, 0.1) is 11.5 Å². The van der Waals surface area contributed by atoms with Gasteiger partial charge in [0, 0.05) is 37.1 Å². The van der Waals surface area contributed by atoms with Gasteiger partial charge in [-0.1, -0.05) is 30.3 Å². The van der Waals surface area contributed by atoms with Crippen molar-refractivity contribution in [3.8, 4) is 10.4 Å². The van der Waals surface area contributed by atoms with Crippen molar-refractivity contribution in [1.29, 1.82) is 0 Å². The number of aliphatic hydroxyl groups is 1. The molecule has 0 saturated carbocycles. The van der Waals surface area contributed by atoms with E-state index in [4.69, 9.17) is 0 Å². The van der Waals surface area contributed by atoms with Gasteiger partial charge in [0.15, 0.2) is 0 Å². The lowest BCUT2D eigenvalue weighted by atomic mass is 10.1. The van der Waals surface area contributed by atoms with Crippen LogP contribution >= 0.6 is 11.3 Å². The maximum atomic E-state index is 9.65. The fourth-order valence-electron chi connectivity index (χ4n) is 3.70. The van der Waals surface area contributed by atoms with E-state index in [1.807, 2.05) is 13.0 Å². The number of fused-ring (bicyclic) bond motifs is 1. The Hall–Kier alpha value is -2.02. The number of rotatable bonds is 4. The van der Waals surface area contributed by atoms with Crippen LogP contribution in [-0.2, 0) is 0 Å². The molecule has 2 aromatic heterocycles. The second-order valence-corrected chi connectivity index (χ2v) is 8.07. The minimum Gasteiger partial charge on any atom is -0.392 e.